The minimum absolute atomic E-state index is 0.844. The van der Waals surface area contributed by atoms with Gasteiger partial charge in [0.05, 0.1) is 0 Å². The quantitative estimate of drug-likeness (QED) is 0.190. The molecule has 0 atom stereocenters. The molecule has 0 aliphatic carbocycles. The van der Waals surface area contributed by atoms with E-state index in [0.29, 0.717) is 0 Å². The lowest BCUT2D eigenvalue weighted by Crippen LogP contribution is -2.09. The van der Waals surface area contributed by atoms with E-state index in [9.17, 15) is 0 Å². The van der Waals surface area contributed by atoms with E-state index in [1.165, 1.54) is 27.5 Å². The molecule has 10 aromatic rings. The zero-order valence-corrected chi connectivity index (χ0v) is 26.5. The van der Waals surface area contributed by atoms with Crippen LogP contribution in [0.15, 0.2) is 185 Å². The number of furan rings is 2. The van der Waals surface area contributed by atoms with Crippen molar-refractivity contribution in [1.82, 2.24) is 0 Å². The van der Waals surface area contributed by atoms with Gasteiger partial charge in [-0.25, -0.2) is 0 Å². The Labute approximate surface area is 282 Å². The molecule has 0 N–H and O–H groups in total. The minimum Gasteiger partial charge on any atom is -0.456 e. The molecule has 3 nitrogen and oxygen atoms in total. The van der Waals surface area contributed by atoms with Gasteiger partial charge in [0, 0.05) is 38.6 Å². The molecule has 0 aliphatic heterocycles. The van der Waals surface area contributed by atoms with Crippen molar-refractivity contribution in [2.24, 2.45) is 0 Å². The number of hydrogen-bond donors (Lipinski definition) is 0. The second-order valence-corrected chi connectivity index (χ2v) is 12.6. The number of anilines is 3. The van der Waals surface area contributed by atoms with Gasteiger partial charge in [0.15, 0.2) is 0 Å². The fourth-order valence-corrected chi connectivity index (χ4v) is 7.18. The van der Waals surface area contributed by atoms with Crippen LogP contribution in [-0.4, -0.2) is 0 Å². The van der Waals surface area contributed by atoms with Crippen LogP contribution in [0.1, 0.15) is 0 Å². The third-order valence-corrected chi connectivity index (χ3v) is 9.63. The van der Waals surface area contributed by atoms with Crippen LogP contribution in [-0.2, 0) is 0 Å². The Morgan fingerprint density at radius 1 is 0.286 bits per heavy atom. The molecule has 10 rings (SSSR count). The summed E-state index contributed by atoms with van der Waals surface area (Å²) in [6, 6.07) is 62.1. The smallest absolute Gasteiger partial charge is 0.136 e. The van der Waals surface area contributed by atoms with Gasteiger partial charge in [-0.1, -0.05) is 109 Å². The number of nitrogens with zero attached hydrogens (tertiary/aromatic N) is 1. The third kappa shape index (κ3) is 4.67. The van der Waals surface area contributed by atoms with Gasteiger partial charge >= 0.3 is 0 Å². The molecule has 49 heavy (non-hydrogen) atoms. The normalized spacial score (nSPS) is 11.7. The van der Waals surface area contributed by atoms with Crippen LogP contribution in [0.4, 0.5) is 17.1 Å². The summed E-state index contributed by atoms with van der Waals surface area (Å²) in [4.78, 5) is 2.32. The maximum atomic E-state index is 6.50. The summed E-state index contributed by atoms with van der Waals surface area (Å²) in [5.74, 6) is 0. The fraction of sp³-hybridized carbons (Fsp3) is 0. The molecule has 0 unspecified atom stereocenters. The highest BCUT2D eigenvalue weighted by Crippen LogP contribution is 2.42. The molecule has 2 aromatic heterocycles. The molecule has 0 saturated heterocycles. The highest BCUT2D eigenvalue weighted by Gasteiger charge is 2.18. The highest BCUT2D eigenvalue weighted by molar-refractivity contribution is 6.15. The molecule has 0 amide bonds. The van der Waals surface area contributed by atoms with Crippen molar-refractivity contribution < 1.29 is 8.83 Å². The zero-order valence-electron chi connectivity index (χ0n) is 26.5. The minimum atomic E-state index is 0.844. The van der Waals surface area contributed by atoms with E-state index in [1.807, 2.05) is 6.07 Å². The van der Waals surface area contributed by atoms with Crippen LogP contribution >= 0.6 is 0 Å². The maximum absolute atomic E-state index is 6.50. The first-order valence-electron chi connectivity index (χ1n) is 16.6. The van der Waals surface area contributed by atoms with Gasteiger partial charge in [0.2, 0.25) is 0 Å². The van der Waals surface area contributed by atoms with E-state index >= 15 is 0 Å². The van der Waals surface area contributed by atoms with Crippen LogP contribution in [0.2, 0.25) is 0 Å². The molecule has 0 radical (unpaired) electrons. The largest absolute Gasteiger partial charge is 0.456 e. The molecule has 230 valence electrons. The number of rotatable bonds is 5. The fourth-order valence-electron chi connectivity index (χ4n) is 7.18. The first kappa shape index (κ1) is 27.5. The van der Waals surface area contributed by atoms with Crippen LogP contribution < -0.4 is 4.90 Å². The summed E-state index contributed by atoms with van der Waals surface area (Å²) in [5, 5.41) is 6.63. The molecule has 3 heteroatoms. The van der Waals surface area contributed by atoms with Crippen molar-refractivity contribution in [1.29, 1.82) is 0 Å². The second-order valence-electron chi connectivity index (χ2n) is 12.6. The zero-order chi connectivity index (χ0) is 32.3. The van der Waals surface area contributed by atoms with Gasteiger partial charge in [-0.2, -0.15) is 0 Å². The molecule has 0 bridgehead atoms. The number of benzene rings is 8. The molecule has 0 saturated carbocycles. The predicted molar refractivity (Wildman–Crippen MR) is 204 cm³/mol. The Kier molecular flexibility index (Phi) is 6.18. The van der Waals surface area contributed by atoms with Crippen molar-refractivity contribution in [2.45, 2.75) is 0 Å². The van der Waals surface area contributed by atoms with Gasteiger partial charge in [-0.05, 0) is 99.8 Å². The van der Waals surface area contributed by atoms with E-state index in [4.69, 9.17) is 8.83 Å². The van der Waals surface area contributed by atoms with Crippen molar-refractivity contribution in [2.75, 3.05) is 4.90 Å². The molecular weight excluding hydrogens is 599 g/mol. The summed E-state index contributed by atoms with van der Waals surface area (Å²) in [6.45, 7) is 0. The molecular formula is C46H29NO2. The number of hydrogen-bond acceptors (Lipinski definition) is 3. The summed E-state index contributed by atoms with van der Waals surface area (Å²) < 4.78 is 12.9. The summed E-state index contributed by atoms with van der Waals surface area (Å²) in [7, 11) is 0. The van der Waals surface area contributed by atoms with E-state index in [-0.39, 0.29) is 0 Å². The van der Waals surface area contributed by atoms with Crippen LogP contribution in [0.5, 0.6) is 0 Å². The van der Waals surface area contributed by atoms with E-state index in [1.54, 1.807) is 0 Å². The summed E-state index contributed by atoms with van der Waals surface area (Å²) >= 11 is 0. The Hall–Kier alpha value is -6.58. The third-order valence-electron chi connectivity index (χ3n) is 9.63. The van der Waals surface area contributed by atoms with Gasteiger partial charge in [0.25, 0.3) is 0 Å². The molecule has 0 fully saturated rings. The standard InChI is InChI=1S/C46H29NO2/c1-3-9-30(10-4-1)33-15-19-36(20-16-33)47(37-21-17-32-13-7-8-14-34(32)25-37)38-22-24-44-40(27-38)42-29-45-41(28-46(42)49-44)39-26-35(18-23-43(39)48-45)31-11-5-2-6-12-31/h1-29H. The van der Waals surface area contributed by atoms with Crippen LogP contribution in [0.25, 0.3) is 76.9 Å². The second kappa shape index (κ2) is 11.0. The SMILES string of the molecule is c1ccc(-c2ccc(N(c3ccc4ccccc4c3)c3ccc4oc5cc6c(cc5c4c3)oc3ccc(-c4ccccc4)cc36)cc2)cc1. The molecule has 0 aliphatic rings. The monoisotopic (exact) mass is 627 g/mol. The Bertz CT molecular complexity index is 2810. The van der Waals surface area contributed by atoms with E-state index < -0.39 is 0 Å². The average Bonchev–Trinajstić information content (AvgIpc) is 3.71. The van der Waals surface area contributed by atoms with Gasteiger partial charge in [-0.3, -0.25) is 0 Å². The van der Waals surface area contributed by atoms with Crippen molar-refractivity contribution in [3.05, 3.63) is 176 Å². The summed E-state index contributed by atoms with van der Waals surface area (Å²) in [5.41, 5.74) is 11.4. The molecule has 8 aromatic carbocycles. The van der Waals surface area contributed by atoms with Crippen molar-refractivity contribution in [3.63, 3.8) is 0 Å². The number of fused-ring (bicyclic) bond motifs is 7. The Morgan fingerprint density at radius 3 is 1.45 bits per heavy atom. The summed E-state index contributed by atoms with van der Waals surface area (Å²) in [6.07, 6.45) is 0. The van der Waals surface area contributed by atoms with Gasteiger partial charge in [-0.15, -0.1) is 0 Å². The first-order valence-corrected chi connectivity index (χ1v) is 16.6. The first-order chi connectivity index (χ1) is 24.2. The lowest BCUT2D eigenvalue weighted by Gasteiger charge is -2.26. The maximum Gasteiger partial charge on any atom is 0.136 e. The Balaban J connectivity index is 1.12. The van der Waals surface area contributed by atoms with Crippen molar-refractivity contribution in [3.8, 4) is 22.3 Å². The molecule has 2 heterocycles. The topological polar surface area (TPSA) is 29.5 Å². The average molecular weight is 628 g/mol. The van der Waals surface area contributed by atoms with Crippen LogP contribution in [0, 0.1) is 0 Å². The predicted octanol–water partition coefficient (Wildman–Crippen LogP) is 13.4. The lowest BCUT2D eigenvalue weighted by molar-refractivity contribution is 0.664. The Morgan fingerprint density at radius 2 is 0.755 bits per heavy atom. The van der Waals surface area contributed by atoms with Gasteiger partial charge < -0.3 is 13.7 Å². The molecule has 0 spiro atoms. The van der Waals surface area contributed by atoms with Crippen LogP contribution in [0.3, 0.4) is 0 Å². The highest BCUT2D eigenvalue weighted by atomic mass is 16.3. The van der Waals surface area contributed by atoms with Crippen molar-refractivity contribution >= 4 is 71.7 Å². The lowest BCUT2D eigenvalue weighted by atomic mass is 10.0. The van der Waals surface area contributed by atoms with E-state index in [2.05, 4.69) is 175 Å². The van der Waals surface area contributed by atoms with E-state index in [0.717, 1.165) is 66.5 Å². The van der Waals surface area contributed by atoms with Gasteiger partial charge in [0.1, 0.15) is 22.3 Å².